The summed E-state index contributed by atoms with van der Waals surface area (Å²) in [5, 5.41) is 12.1. The molecule has 1 heterocycles. The van der Waals surface area contributed by atoms with Gasteiger partial charge in [-0.2, -0.15) is 0 Å². The van der Waals surface area contributed by atoms with Crippen molar-refractivity contribution in [1.29, 1.82) is 0 Å². The van der Waals surface area contributed by atoms with Gasteiger partial charge in [-0.3, -0.25) is 14.4 Å². The summed E-state index contributed by atoms with van der Waals surface area (Å²) < 4.78 is 5.37. The molecule has 2 atom stereocenters. The number of nitrogens with one attached hydrogen (secondary N) is 1. The summed E-state index contributed by atoms with van der Waals surface area (Å²) in [6.45, 7) is 3.92. The predicted molar refractivity (Wildman–Crippen MR) is 99.1 cm³/mol. The standard InChI is InChI=1S/C18H24N2O5S/c1-3-25-15-6-4-13(5-7-15)8-14(18(23)24)9-19-17(22)16-10-26-11-20(16)12(2)21/h4-7,14,16H,3,8-11H2,1-2H3,(H,19,22)(H,23,24)/t14-,16-/m0/s1. The average molecular weight is 380 g/mol. The van der Waals surface area contributed by atoms with Gasteiger partial charge < -0.3 is 20.1 Å². The smallest absolute Gasteiger partial charge is 0.308 e. The van der Waals surface area contributed by atoms with Crippen LogP contribution in [-0.2, 0) is 20.8 Å². The van der Waals surface area contributed by atoms with E-state index in [2.05, 4.69) is 5.32 Å². The predicted octanol–water partition coefficient (Wildman–Crippen LogP) is 1.37. The molecule has 0 unspecified atom stereocenters. The molecule has 2 amide bonds. The van der Waals surface area contributed by atoms with Gasteiger partial charge in [0.15, 0.2) is 0 Å². The van der Waals surface area contributed by atoms with Crippen LogP contribution < -0.4 is 10.1 Å². The molecule has 142 valence electrons. The van der Waals surface area contributed by atoms with E-state index in [0.717, 1.165) is 11.3 Å². The number of carboxylic acid groups (broad SMARTS) is 1. The fourth-order valence-electron chi connectivity index (χ4n) is 2.73. The Labute approximate surface area is 157 Å². The van der Waals surface area contributed by atoms with Crippen molar-refractivity contribution in [2.75, 3.05) is 24.8 Å². The molecule has 0 spiro atoms. The lowest BCUT2D eigenvalue weighted by Gasteiger charge is -2.22. The number of amides is 2. The number of ether oxygens (including phenoxy) is 1. The van der Waals surface area contributed by atoms with Gasteiger partial charge in [0.05, 0.1) is 18.4 Å². The lowest BCUT2D eigenvalue weighted by molar-refractivity contribution is -0.142. The van der Waals surface area contributed by atoms with E-state index >= 15 is 0 Å². The largest absolute Gasteiger partial charge is 0.494 e. The van der Waals surface area contributed by atoms with Gasteiger partial charge in [-0.05, 0) is 31.0 Å². The molecule has 8 heteroatoms. The second-order valence-electron chi connectivity index (χ2n) is 6.07. The van der Waals surface area contributed by atoms with Gasteiger partial charge >= 0.3 is 5.97 Å². The molecule has 1 aliphatic heterocycles. The van der Waals surface area contributed by atoms with Crippen LogP contribution in [0.1, 0.15) is 19.4 Å². The molecule has 1 saturated heterocycles. The monoisotopic (exact) mass is 380 g/mol. The first-order valence-electron chi connectivity index (χ1n) is 8.49. The summed E-state index contributed by atoms with van der Waals surface area (Å²) in [5.74, 6) is -0.411. The van der Waals surface area contributed by atoms with E-state index in [1.54, 1.807) is 12.1 Å². The number of rotatable bonds is 8. The minimum absolute atomic E-state index is 0.0221. The molecule has 2 rings (SSSR count). The van der Waals surface area contributed by atoms with E-state index in [4.69, 9.17) is 4.74 Å². The fraction of sp³-hybridized carbons (Fsp3) is 0.500. The summed E-state index contributed by atoms with van der Waals surface area (Å²) in [6.07, 6.45) is 0.303. The molecule has 0 bridgehead atoms. The van der Waals surface area contributed by atoms with E-state index in [0.29, 0.717) is 24.7 Å². The molecular formula is C18H24N2O5S. The Morgan fingerprint density at radius 3 is 2.62 bits per heavy atom. The second-order valence-corrected chi connectivity index (χ2v) is 7.07. The normalized spacial score (nSPS) is 17.6. The molecule has 1 fully saturated rings. The highest BCUT2D eigenvalue weighted by Gasteiger charge is 2.33. The van der Waals surface area contributed by atoms with E-state index in [9.17, 15) is 19.5 Å². The maximum absolute atomic E-state index is 12.3. The van der Waals surface area contributed by atoms with Crippen LogP contribution in [-0.4, -0.2) is 58.6 Å². The van der Waals surface area contributed by atoms with Crippen LogP contribution in [0, 0.1) is 5.92 Å². The molecule has 1 aromatic carbocycles. The van der Waals surface area contributed by atoms with Gasteiger partial charge in [-0.1, -0.05) is 12.1 Å². The van der Waals surface area contributed by atoms with Gasteiger partial charge in [0, 0.05) is 19.2 Å². The third-order valence-electron chi connectivity index (χ3n) is 4.18. The van der Waals surface area contributed by atoms with E-state index in [1.165, 1.54) is 23.6 Å². The third-order valence-corrected chi connectivity index (χ3v) is 5.19. The third kappa shape index (κ3) is 5.39. The molecule has 0 saturated carbocycles. The molecule has 0 aromatic heterocycles. The topological polar surface area (TPSA) is 95.9 Å². The molecule has 0 radical (unpaired) electrons. The van der Waals surface area contributed by atoms with E-state index in [1.807, 2.05) is 19.1 Å². The van der Waals surface area contributed by atoms with Crippen LogP contribution in [0.2, 0.25) is 0 Å². The lowest BCUT2D eigenvalue weighted by Crippen LogP contribution is -2.48. The van der Waals surface area contributed by atoms with Gasteiger partial charge in [0.1, 0.15) is 11.8 Å². The van der Waals surface area contributed by atoms with Crippen molar-refractivity contribution in [3.05, 3.63) is 29.8 Å². The van der Waals surface area contributed by atoms with Crippen molar-refractivity contribution in [2.24, 2.45) is 5.92 Å². The number of hydrogen-bond donors (Lipinski definition) is 2. The van der Waals surface area contributed by atoms with Crippen LogP contribution >= 0.6 is 11.8 Å². The average Bonchev–Trinajstić information content (AvgIpc) is 3.10. The number of benzene rings is 1. The van der Waals surface area contributed by atoms with Crippen LogP contribution in [0.5, 0.6) is 5.75 Å². The van der Waals surface area contributed by atoms with Crippen molar-refractivity contribution in [3.63, 3.8) is 0 Å². The molecule has 26 heavy (non-hydrogen) atoms. The molecule has 1 aliphatic rings. The molecule has 0 aliphatic carbocycles. The van der Waals surface area contributed by atoms with Crippen molar-refractivity contribution < 1.29 is 24.2 Å². The highest BCUT2D eigenvalue weighted by atomic mass is 32.2. The number of carbonyl (C=O) groups excluding carboxylic acids is 2. The quantitative estimate of drug-likeness (QED) is 0.707. The van der Waals surface area contributed by atoms with Crippen molar-refractivity contribution >= 4 is 29.5 Å². The number of thioether (sulfide) groups is 1. The van der Waals surface area contributed by atoms with Gasteiger partial charge in [-0.25, -0.2) is 0 Å². The molecule has 2 N–H and O–H groups in total. The van der Waals surface area contributed by atoms with Crippen molar-refractivity contribution in [3.8, 4) is 5.75 Å². The zero-order chi connectivity index (χ0) is 19.1. The Hall–Kier alpha value is -2.22. The Balaban J connectivity index is 1.92. The zero-order valence-corrected chi connectivity index (χ0v) is 15.8. The Bertz CT molecular complexity index is 649. The number of carbonyl (C=O) groups is 3. The van der Waals surface area contributed by atoms with Crippen molar-refractivity contribution in [1.82, 2.24) is 10.2 Å². The van der Waals surface area contributed by atoms with Crippen LogP contribution in [0.25, 0.3) is 0 Å². The van der Waals surface area contributed by atoms with E-state index in [-0.39, 0.29) is 18.4 Å². The SMILES string of the molecule is CCOc1ccc(C[C@@H](CNC(=O)[C@@H]2CSCN2C(C)=O)C(=O)O)cc1. The maximum atomic E-state index is 12.3. The van der Waals surface area contributed by atoms with Crippen LogP contribution in [0.4, 0.5) is 0 Å². The van der Waals surface area contributed by atoms with Crippen molar-refractivity contribution in [2.45, 2.75) is 26.3 Å². The number of nitrogens with zero attached hydrogens (tertiary/aromatic N) is 1. The first-order chi connectivity index (χ1) is 12.4. The Morgan fingerprint density at radius 2 is 2.04 bits per heavy atom. The minimum Gasteiger partial charge on any atom is -0.494 e. The first kappa shape index (κ1) is 20.1. The number of carboxylic acids is 1. The van der Waals surface area contributed by atoms with Gasteiger partial charge in [0.2, 0.25) is 11.8 Å². The maximum Gasteiger partial charge on any atom is 0.308 e. The van der Waals surface area contributed by atoms with Gasteiger partial charge in [0.25, 0.3) is 0 Å². The lowest BCUT2D eigenvalue weighted by atomic mass is 9.99. The minimum atomic E-state index is -0.969. The van der Waals surface area contributed by atoms with Crippen LogP contribution in [0.15, 0.2) is 24.3 Å². The summed E-state index contributed by atoms with van der Waals surface area (Å²) in [7, 11) is 0. The highest BCUT2D eigenvalue weighted by molar-refractivity contribution is 7.99. The summed E-state index contributed by atoms with van der Waals surface area (Å²) in [4.78, 5) is 36.9. The van der Waals surface area contributed by atoms with Gasteiger partial charge in [-0.15, -0.1) is 11.8 Å². The van der Waals surface area contributed by atoms with E-state index < -0.39 is 17.9 Å². The summed E-state index contributed by atoms with van der Waals surface area (Å²) in [5.41, 5.74) is 0.858. The molecule has 7 nitrogen and oxygen atoms in total. The molecule has 1 aromatic rings. The number of hydrogen-bond acceptors (Lipinski definition) is 5. The zero-order valence-electron chi connectivity index (χ0n) is 14.9. The Morgan fingerprint density at radius 1 is 1.35 bits per heavy atom. The Kier molecular flexibility index (Phi) is 7.32. The van der Waals surface area contributed by atoms with Crippen LogP contribution in [0.3, 0.4) is 0 Å². The summed E-state index contributed by atoms with van der Waals surface area (Å²) >= 11 is 1.51. The fourth-order valence-corrected chi connectivity index (χ4v) is 3.95. The molecular weight excluding hydrogens is 356 g/mol. The number of aliphatic carboxylic acids is 1. The highest BCUT2D eigenvalue weighted by Crippen LogP contribution is 2.21. The second kappa shape index (κ2) is 9.47. The summed E-state index contributed by atoms with van der Waals surface area (Å²) in [6, 6.07) is 6.73. The first-order valence-corrected chi connectivity index (χ1v) is 9.65.